The maximum atomic E-state index is 12.0. The average Bonchev–Trinajstić information content (AvgIpc) is 2.86. The van der Waals surface area contributed by atoms with Crippen LogP contribution in [0.2, 0.25) is 0 Å². The maximum absolute atomic E-state index is 12.0. The van der Waals surface area contributed by atoms with Gasteiger partial charge in [0.2, 0.25) is 0 Å². The summed E-state index contributed by atoms with van der Waals surface area (Å²) in [5.41, 5.74) is 2.93. The summed E-state index contributed by atoms with van der Waals surface area (Å²) in [5.74, 6) is -0.266. The highest BCUT2D eigenvalue weighted by Gasteiger charge is 2.22. The molecular formula is C17H18BrNO2. The molecule has 1 aliphatic heterocycles. The van der Waals surface area contributed by atoms with Crippen LogP contribution in [0, 0.1) is 0 Å². The van der Waals surface area contributed by atoms with Crippen LogP contribution in [-0.2, 0) is 16.1 Å². The number of carbonyl (C=O) groups excluding carboxylic acids is 1. The molecule has 110 valence electrons. The van der Waals surface area contributed by atoms with Crippen molar-refractivity contribution in [1.29, 1.82) is 0 Å². The molecule has 0 amide bonds. The van der Waals surface area contributed by atoms with Crippen molar-refractivity contribution in [1.82, 2.24) is 4.57 Å². The molecule has 0 unspecified atom stereocenters. The predicted octanol–water partition coefficient (Wildman–Crippen LogP) is 4.53. The van der Waals surface area contributed by atoms with Crippen LogP contribution in [0.1, 0.15) is 32.9 Å². The van der Waals surface area contributed by atoms with E-state index in [2.05, 4.69) is 38.7 Å². The topological polar surface area (TPSA) is 31.2 Å². The van der Waals surface area contributed by atoms with Gasteiger partial charge < -0.3 is 9.30 Å². The Morgan fingerprint density at radius 2 is 2.10 bits per heavy atom. The first-order chi connectivity index (χ1) is 9.83. The van der Waals surface area contributed by atoms with Crippen molar-refractivity contribution in [3.05, 3.63) is 40.5 Å². The van der Waals surface area contributed by atoms with Crippen molar-refractivity contribution in [2.45, 2.75) is 39.3 Å². The molecule has 2 aromatic rings. The number of hydrogen-bond donors (Lipinski definition) is 0. The molecule has 0 N–H and O–H groups in total. The fourth-order valence-corrected chi connectivity index (χ4v) is 3.11. The highest BCUT2D eigenvalue weighted by molar-refractivity contribution is 9.10. The van der Waals surface area contributed by atoms with Gasteiger partial charge in [-0.1, -0.05) is 15.9 Å². The van der Waals surface area contributed by atoms with Gasteiger partial charge in [0.1, 0.15) is 5.60 Å². The largest absolute Gasteiger partial charge is 0.457 e. The van der Waals surface area contributed by atoms with Crippen LogP contribution in [-0.4, -0.2) is 16.1 Å². The number of ether oxygens (including phenoxy) is 1. The Bertz CT molecular complexity index is 750. The number of allylic oxidation sites excluding steroid dienone is 1. The molecule has 0 bridgehead atoms. The Balaban J connectivity index is 1.96. The van der Waals surface area contributed by atoms with Gasteiger partial charge in [0.25, 0.3) is 0 Å². The summed E-state index contributed by atoms with van der Waals surface area (Å²) in [4.78, 5) is 12.0. The number of benzene rings is 1. The summed E-state index contributed by atoms with van der Waals surface area (Å²) in [6.45, 7) is 6.56. The van der Waals surface area contributed by atoms with Crippen LogP contribution in [0.3, 0.4) is 0 Å². The maximum Gasteiger partial charge on any atom is 0.331 e. The van der Waals surface area contributed by atoms with Gasteiger partial charge in [0.15, 0.2) is 0 Å². The number of aromatic nitrogens is 1. The summed E-state index contributed by atoms with van der Waals surface area (Å²) in [7, 11) is 0. The van der Waals surface area contributed by atoms with Gasteiger partial charge in [-0.3, -0.25) is 0 Å². The zero-order valence-electron chi connectivity index (χ0n) is 12.4. The summed E-state index contributed by atoms with van der Waals surface area (Å²) in [5, 5.41) is 1.19. The van der Waals surface area contributed by atoms with Gasteiger partial charge >= 0.3 is 5.97 Å². The summed E-state index contributed by atoms with van der Waals surface area (Å²) in [6, 6.07) is 8.40. The van der Waals surface area contributed by atoms with E-state index < -0.39 is 5.60 Å². The molecule has 1 aromatic heterocycles. The zero-order chi connectivity index (χ0) is 15.2. The molecule has 3 nitrogen and oxygen atoms in total. The molecule has 3 rings (SSSR count). The van der Waals surface area contributed by atoms with Crippen LogP contribution < -0.4 is 0 Å². The molecule has 0 atom stereocenters. The molecule has 0 saturated heterocycles. The Morgan fingerprint density at radius 3 is 2.81 bits per heavy atom. The summed E-state index contributed by atoms with van der Waals surface area (Å²) in [6.07, 6.45) is 2.51. The second kappa shape index (κ2) is 5.02. The van der Waals surface area contributed by atoms with Gasteiger partial charge in [-0.05, 0) is 57.0 Å². The Hall–Kier alpha value is -1.55. The fourth-order valence-electron chi connectivity index (χ4n) is 2.73. The first kappa shape index (κ1) is 14.4. The lowest BCUT2D eigenvalue weighted by atomic mass is 10.1. The smallest absolute Gasteiger partial charge is 0.331 e. The second-order valence-corrected chi connectivity index (χ2v) is 7.25. The first-order valence-electron chi connectivity index (χ1n) is 7.06. The van der Waals surface area contributed by atoms with Crippen molar-refractivity contribution < 1.29 is 9.53 Å². The zero-order valence-corrected chi connectivity index (χ0v) is 14.0. The SMILES string of the molecule is CC(C)(C)OC(=O)/C=C1\CCn2c1cc1cc(Br)ccc12. The second-order valence-electron chi connectivity index (χ2n) is 6.34. The lowest BCUT2D eigenvalue weighted by molar-refractivity contribution is -0.148. The van der Waals surface area contributed by atoms with E-state index in [1.54, 1.807) is 6.08 Å². The van der Waals surface area contributed by atoms with E-state index in [1.165, 1.54) is 10.9 Å². The van der Waals surface area contributed by atoms with Crippen LogP contribution in [0.4, 0.5) is 0 Å². The third-order valence-corrected chi connectivity index (χ3v) is 3.99. The standard InChI is InChI=1S/C17H18BrNO2/c1-17(2,3)21-16(20)10-11-6-7-19-14-5-4-13(18)8-12(14)9-15(11)19/h4-5,8-10H,6-7H2,1-3H3/b11-10+. The molecule has 0 saturated carbocycles. The van der Waals surface area contributed by atoms with Crippen LogP contribution in [0.15, 0.2) is 34.8 Å². The van der Waals surface area contributed by atoms with Gasteiger partial charge in [-0.25, -0.2) is 4.79 Å². The third kappa shape index (κ3) is 2.91. The highest BCUT2D eigenvalue weighted by atomic mass is 79.9. The van der Waals surface area contributed by atoms with E-state index in [9.17, 15) is 4.79 Å². The highest BCUT2D eigenvalue weighted by Crippen LogP contribution is 2.34. The van der Waals surface area contributed by atoms with Crippen molar-refractivity contribution in [3.8, 4) is 0 Å². The summed E-state index contributed by atoms with van der Waals surface area (Å²) >= 11 is 3.50. The number of esters is 1. The molecular weight excluding hydrogens is 330 g/mol. The lowest BCUT2D eigenvalue weighted by Gasteiger charge is -2.18. The minimum absolute atomic E-state index is 0.266. The van der Waals surface area contributed by atoms with E-state index in [1.807, 2.05) is 26.8 Å². The van der Waals surface area contributed by atoms with Gasteiger partial charge in [-0.15, -0.1) is 0 Å². The molecule has 2 heterocycles. The monoisotopic (exact) mass is 347 g/mol. The number of hydrogen-bond acceptors (Lipinski definition) is 2. The Labute approximate surface area is 132 Å². The van der Waals surface area contributed by atoms with Crippen LogP contribution in [0.5, 0.6) is 0 Å². The molecule has 0 aliphatic carbocycles. The number of halogens is 1. The van der Waals surface area contributed by atoms with Gasteiger partial charge in [0, 0.05) is 33.7 Å². The molecule has 21 heavy (non-hydrogen) atoms. The van der Waals surface area contributed by atoms with E-state index in [0.29, 0.717) is 0 Å². The molecule has 1 aromatic carbocycles. The minimum atomic E-state index is -0.454. The van der Waals surface area contributed by atoms with Gasteiger partial charge in [0.05, 0.1) is 0 Å². The third-order valence-electron chi connectivity index (χ3n) is 3.50. The molecule has 0 fully saturated rings. The van der Waals surface area contributed by atoms with E-state index in [4.69, 9.17) is 4.74 Å². The van der Waals surface area contributed by atoms with E-state index in [0.717, 1.165) is 28.7 Å². The number of nitrogens with zero attached hydrogens (tertiary/aromatic N) is 1. The number of fused-ring (bicyclic) bond motifs is 3. The summed E-state index contributed by atoms with van der Waals surface area (Å²) < 4.78 is 8.70. The molecule has 0 spiro atoms. The first-order valence-corrected chi connectivity index (χ1v) is 7.85. The number of rotatable bonds is 1. The fraction of sp³-hybridized carbons (Fsp3) is 0.353. The quantitative estimate of drug-likeness (QED) is 0.560. The van der Waals surface area contributed by atoms with Crippen molar-refractivity contribution in [2.75, 3.05) is 0 Å². The average molecular weight is 348 g/mol. The number of carbonyl (C=O) groups is 1. The molecule has 0 radical (unpaired) electrons. The normalized spacial score (nSPS) is 16.5. The van der Waals surface area contributed by atoms with E-state index in [-0.39, 0.29) is 5.97 Å². The van der Waals surface area contributed by atoms with Crippen molar-refractivity contribution in [2.24, 2.45) is 0 Å². The van der Waals surface area contributed by atoms with Crippen LogP contribution in [0.25, 0.3) is 16.5 Å². The minimum Gasteiger partial charge on any atom is -0.457 e. The van der Waals surface area contributed by atoms with Gasteiger partial charge in [-0.2, -0.15) is 0 Å². The van der Waals surface area contributed by atoms with Crippen molar-refractivity contribution in [3.63, 3.8) is 0 Å². The van der Waals surface area contributed by atoms with Crippen LogP contribution >= 0.6 is 15.9 Å². The van der Waals surface area contributed by atoms with Crippen molar-refractivity contribution >= 4 is 38.4 Å². The lowest BCUT2D eigenvalue weighted by Crippen LogP contribution is -2.22. The Morgan fingerprint density at radius 1 is 1.33 bits per heavy atom. The molecule has 4 heteroatoms. The molecule has 1 aliphatic rings. The Kier molecular flexibility index (Phi) is 3.44. The predicted molar refractivity (Wildman–Crippen MR) is 88.1 cm³/mol. The van der Waals surface area contributed by atoms with E-state index >= 15 is 0 Å². The number of aryl methyl sites for hydroxylation is 1.